The van der Waals surface area contributed by atoms with Crippen molar-refractivity contribution in [3.05, 3.63) is 48.2 Å². The van der Waals surface area contributed by atoms with E-state index in [0.717, 1.165) is 4.34 Å². The first kappa shape index (κ1) is 16.5. The maximum Gasteiger partial charge on any atom is 0.234 e. The second-order valence-corrected chi connectivity index (χ2v) is 6.74. The number of nitrogens with one attached hydrogen (secondary N) is 1. The molecule has 3 aromatic rings. The van der Waals surface area contributed by atoms with E-state index >= 15 is 0 Å². The van der Waals surface area contributed by atoms with Gasteiger partial charge in [-0.1, -0.05) is 29.2 Å². The van der Waals surface area contributed by atoms with E-state index in [-0.39, 0.29) is 5.91 Å². The van der Waals surface area contributed by atoms with Gasteiger partial charge in [0.05, 0.1) is 12.3 Å². The van der Waals surface area contributed by atoms with Gasteiger partial charge in [0.1, 0.15) is 17.9 Å². The van der Waals surface area contributed by atoms with Gasteiger partial charge in [-0.2, -0.15) is 5.10 Å². The molecule has 9 heteroatoms. The molecule has 0 aliphatic heterocycles. The Labute approximate surface area is 147 Å². The minimum atomic E-state index is -0.0936. The van der Waals surface area contributed by atoms with Crippen LogP contribution >= 0.6 is 23.1 Å². The molecule has 2 heterocycles. The van der Waals surface area contributed by atoms with Crippen molar-refractivity contribution >= 4 is 34.7 Å². The summed E-state index contributed by atoms with van der Waals surface area (Å²) in [5.41, 5.74) is 2.35. The SMILES string of the molecule is O=C(CSc1nncs1)Nc1cccc(OCCn2cccn2)c1. The van der Waals surface area contributed by atoms with Crippen LogP contribution in [0.1, 0.15) is 0 Å². The molecule has 1 aromatic carbocycles. The lowest BCUT2D eigenvalue weighted by molar-refractivity contribution is -0.113. The quantitative estimate of drug-likeness (QED) is 0.621. The van der Waals surface area contributed by atoms with Gasteiger partial charge in [-0.3, -0.25) is 9.48 Å². The number of thioether (sulfide) groups is 1. The number of amides is 1. The van der Waals surface area contributed by atoms with Crippen LogP contribution in [-0.2, 0) is 11.3 Å². The lowest BCUT2D eigenvalue weighted by Crippen LogP contribution is -2.14. The summed E-state index contributed by atoms with van der Waals surface area (Å²) in [6, 6.07) is 9.20. The van der Waals surface area contributed by atoms with Crippen molar-refractivity contribution in [2.45, 2.75) is 10.9 Å². The Morgan fingerprint density at radius 1 is 1.38 bits per heavy atom. The summed E-state index contributed by atoms with van der Waals surface area (Å²) in [7, 11) is 0. The molecule has 0 atom stereocenters. The molecule has 0 radical (unpaired) electrons. The van der Waals surface area contributed by atoms with Gasteiger partial charge in [0.15, 0.2) is 4.34 Å². The van der Waals surface area contributed by atoms with Gasteiger partial charge in [0.25, 0.3) is 0 Å². The number of nitrogens with zero attached hydrogens (tertiary/aromatic N) is 4. The fourth-order valence-corrected chi connectivity index (χ4v) is 3.19. The Kier molecular flexibility index (Phi) is 5.80. The fourth-order valence-electron chi connectivity index (χ4n) is 1.90. The third-order valence-electron chi connectivity index (χ3n) is 2.93. The van der Waals surface area contributed by atoms with E-state index in [1.807, 2.05) is 30.5 Å². The maximum atomic E-state index is 12.0. The van der Waals surface area contributed by atoms with Crippen molar-refractivity contribution in [3.63, 3.8) is 0 Å². The van der Waals surface area contributed by atoms with Crippen molar-refractivity contribution in [1.82, 2.24) is 20.0 Å². The van der Waals surface area contributed by atoms with Crippen molar-refractivity contribution in [1.29, 1.82) is 0 Å². The number of aromatic nitrogens is 4. The zero-order valence-electron chi connectivity index (χ0n) is 12.7. The zero-order chi connectivity index (χ0) is 16.6. The van der Waals surface area contributed by atoms with Crippen LogP contribution in [0.15, 0.2) is 52.6 Å². The third kappa shape index (κ3) is 5.07. The molecule has 1 amide bonds. The van der Waals surface area contributed by atoms with E-state index < -0.39 is 0 Å². The largest absolute Gasteiger partial charge is 0.492 e. The molecular formula is C15H15N5O2S2. The second-order valence-electron chi connectivity index (χ2n) is 4.69. The average Bonchev–Trinajstić information content (AvgIpc) is 3.27. The summed E-state index contributed by atoms with van der Waals surface area (Å²) in [5, 5.41) is 14.6. The van der Waals surface area contributed by atoms with Crippen molar-refractivity contribution in [2.24, 2.45) is 0 Å². The molecular weight excluding hydrogens is 346 g/mol. The van der Waals surface area contributed by atoms with E-state index in [0.29, 0.717) is 30.3 Å². The van der Waals surface area contributed by atoms with Crippen LogP contribution in [0.2, 0.25) is 0 Å². The number of anilines is 1. The number of hydrogen-bond donors (Lipinski definition) is 1. The summed E-state index contributed by atoms with van der Waals surface area (Å²) in [6.45, 7) is 1.17. The fraction of sp³-hybridized carbons (Fsp3) is 0.200. The first-order valence-corrected chi connectivity index (χ1v) is 9.05. The van der Waals surface area contributed by atoms with Gasteiger partial charge in [0.2, 0.25) is 5.91 Å². The van der Waals surface area contributed by atoms with Crippen molar-refractivity contribution < 1.29 is 9.53 Å². The zero-order valence-corrected chi connectivity index (χ0v) is 14.3. The predicted octanol–water partition coefficient (Wildman–Crippen LogP) is 2.54. The van der Waals surface area contributed by atoms with Crippen LogP contribution in [0.3, 0.4) is 0 Å². The third-order valence-corrected chi connectivity index (χ3v) is 4.79. The van der Waals surface area contributed by atoms with Gasteiger partial charge in [-0.05, 0) is 18.2 Å². The molecule has 0 aliphatic rings. The molecule has 2 aromatic heterocycles. The lowest BCUT2D eigenvalue weighted by Gasteiger charge is -2.09. The number of carbonyl (C=O) groups is 1. The summed E-state index contributed by atoms with van der Waals surface area (Å²) in [4.78, 5) is 12.0. The highest BCUT2D eigenvalue weighted by molar-refractivity contribution is 8.01. The molecule has 0 bridgehead atoms. The first-order valence-electron chi connectivity index (χ1n) is 7.19. The molecule has 0 aliphatic carbocycles. The minimum Gasteiger partial charge on any atom is -0.492 e. The average molecular weight is 361 g/mol. The lowest BCUT2D eigenvalue weighted by atomic mass is 10.3. The molecule has 0 saturated carbocycles. The van der Waals surface area contributed by atoms with E-state index in [4.69, 9.17) is 4.74 Å². The van der Waals surface area contributed by atoms with Crippen molar-refractivity contribution in [2.75, 3.05) is 17.7 Å². The summed E-state index contributed by atoms with van der Waals surface area (Å²) >= 11 is 2.78. The molecule has 124 valence electrons. The van der Waals surface area contributed by atoms with E-state index in [1.54, 1.807) is 22.5 Å². The monoisotopic (exact) mass is 361 g/mol. The molecule has 0 spiro atoms. The highest BCUT2D eigenvalue weighted by Crippen LogP contribution is 2.20. The van der Waals surface area contributed by atoms with Gasteiger partial charge in [-0.15, -0.1) is 10.2 Å². The minimum absolute atomic E-state index is 0.0936. The standard InChI is InChI=1S/C15H15N5O2S2/c21-14(10-23-15-19-16-11-24-15)18-12-3-1-4-13(9-12)22-8-7-20-6-2-5-17-20/h1-6,9,11H,7-8,10H2,(H,18,21). The maximum absolute atomic E-state index is 12.0. The molecule has 1 N–H and O–H groups in total. The summed E-state index contributed by atoms with van der Waals surface area (Å²) in [6.07, 6.45) is 3.62. The molecule has 0 saturated heterocycles. The Morgan fingerprint density at radius 2 is 2.33 bits per heavy atom. The Morgan fingerprint density at radius 3 is 3.12 bits per heavy atom. The van der Waals surface area contributed by atoms with Gasteiger partial charge in [-0.25, -0.2) is 0 Å². The van der Waals surface area contributed by atoms with E-state index in [1.165, 1.54) is 23.1 Å². The number of hydrogen-bond acceptors (Lipinski definition) is 7. The van der Waals surface area contributed by atoms with Gasteiger partial charge in [0, 0.05) is 24.1 Å². The smallest absolute Gasteiger partial charge is 0.234 e. The highest BCUT2D eigenvalue weighted by Gasteiger charge is 2.06. The van der Waals surface area contributed by atoms with E-state index in [9.17, 15) is 4.79 Å². The summed E-state index contributed by atoms with van der Waals surface area (Å²) in [5.74, 6) is 0.903. The molecule has 24 heavy (non-hydrogen) atoms. The molecule has 3 rings (SSSR count). The van der Waals surface area contributed by atoms with Gasteiger partial charge >= 0.3 is 0 Å². The van der Waals surface area contributed by atoms with Gasteiger partial charge < -0.3 is 10.1 Å². The van der Waals surface area contributed by atoms with Crippen LogP contribution < -0.4 is 10.1 Å². The summed E-state index contributed by atoms with van der Waals surface area (Å²) < 4.78 is 8.27. The highest BCUT2D eigenvalue weighted by atomic mass is 32.2. The van der Waals surface area contributed by atoms with Crippen LogP contribution in [-0.4, -0.2) is 38.2 Å². The Hall–Kier alpha value is -2.39. The molecule has 0 fully saturated rings. The van der Waals surface area contributed by atoms with Crippen LogP contribution in [0.25, 0.3) is 0 Å². The predicted molar refractivity (Wildman–Crippen MR) is 93.4 cm³/mol. The number of benzene rings is 1. The van der Waals surface area contributed by atoms with Crippen LogP contribution in [0, 0.1) is 0 Å². The van der Waals surface area contributed by atoms with Crippen LogP contribution in [0.4, 0.5) is 5.69 Å². The normalized spacial score (nSPS) is 10.5. The number of ether oxygens (including phenoxy) is 1. The second kappa shape index (κ2) is 8.46. The molecule has 7 nitrogen and oxygen atoms in total. The number of rotatable bonds is 8. The number of carbonyl (C=O) groups excluding carboxylic acids is 1. The van der Waals surface area contributed by atoms with Crippen molar-refractivity contribution in [3.8, 4) is 5.75 Å². The molecule has 0 unspecified atom stereocenters. The first-order chi connectivity index (χ1) is 11.8. The Balaban J connectivity index is 1.46. The van der Waals surface area contributed by atoms with E-state index in [2.05, 4.69) is 20.6 Å². The topological polar surface area (TPSA) is 81.9 Å². The van der Waals surface area contributed by atoms with Crippen LogP contribution in [0.5, 0.6) is 5.75 Å². The Bertz CT molecular complexity index is 762.